The molecular weight excluding hydrogens is 220 g/mol. The van der Waals surface area contributed by atoms with Crippen LogP contribution in [0.25, 0.3) is 0 Å². The summed E-state index contributed by atoms with van der Waals surface area (Å²) in [7, 11) is 0. The van der Waals surface area contributed by atoms with E-state index in [1.165, 1.54) is 6.92 Å². The summed E-state index contributed by atoms with van der Waals surface area (Å²) in [4.78, 5) is 32.4. The van der Waals surface area contributed by atoms with Crippen LogP contribution in [-0.4, -0.2) is 43.9 Å². The van der Waals surface area contributed by atoms with Gasteiger partial charge in [0.15, 0.2) is 5.60 Å². The predicted molar refractivity (Wildman–Crippen MR) is 48.7 cm³/mol. The van der Waals surface area contributed by atoms with Gasteiger partial charge in [0.05, 0.1) is 6.42 Å². The summed E-state index contributed by atoms with van der Waals surface area (Å²) in [5, 5.41) is 36.2. The molecule has 0 spiro atoms. The molecule has 0 aromatic heterocycles. The zero-order chi connectivity index (χ0) is 12.7. The third-order valence-electron chi connectivity index (χ3n) is 3.19. The lowest BCUT2D eigenvalue weighted by Gasteiger charge is -2.29. The van der Waals surface area contributed by atoms with E-state index in [9.17, 15) is 19.5 Å². The van der Waals surface area contributed by atoms with Crippen LogP contribution in [0.3, 0.4) is 0 Å². The quantitative estimate of drug-likeness (QED) is 0.496. The van der Waals surface area contributed by atoms with Crippen molar-refractivity contribution in [3.05, 3.63) is 0 Å². The Labute approximate surface area is 90.3 Å². The summed E-state index contributed by atoms with van der Waals surface area (Å²) in [5.74, 6) is -5.41. The highest BCUT2D eigenvalue weighted by atomic mass is 16.4. The van der Waals surface area contributed by atoms with Gasteiger partial charge < -0.3 is 20.4 Å². The lowest BCUT2D eigenvalue weighted by Crippen LogP contribution is -2.53. The monoisotopic (exact) mass is 232 g/mol. The van der Waals surface area contributed by atoms with Gasteiger partial charge >= 0.3 is 17.9 Å². The maximum Gasteiger partial charge on any atom is 0.337 e. The number of aliphatic carboxylic acids is 3. The van der Waals surface area contributed by atoms with E-state index in [4.69, 9.17) is 15.3 Å². The first-order valence-electron chi connectivity index (χ1n) is 4.59. The van der Waals surface area contributed by atoms with Crippen LogP contribution in [0, 0.1) is 11.3 Å². The zero-order valence-corrected chi connectivity index (χ0v) is 8.51. The van der Waals surface area contributed by atoms with E-state index >= 15 is 0 Å². The van der Waals surface area contributed by atoms with Crippen molar-refractivity contribution in [2.45, 2.75) is 25.4 Å². The molecule has 1 saturated carbocycles. The van der Waals surface area contributed by atoms with Crippen LogP contribution in [-0.2, 0) is 14.4 Å². The molecule has 0 saturated heterocycles. The molecule has 3 atom stereocenters. The minimum Gasteiger partial charge on any atom is -0.481 e. The SMILES string of the molecule is CC1CC1(C(=O)O)C(O)(CC(=O)O)C(=O)O. The maximum atomic E-state index is 11.0. The molecule has 0 bridgehead atoms. The normalized spacial score (nSPS) is 31.5. The lowest BCUT2D eigenvalue weighted by molar-refractivity contribution is -0.183. The van der Waals surface area contributed by atoms with Crippen LogP contribution in [0.2, 0.25) is 0 Å². The number of carboxylic acids is 3. The highest BCUT2D eigenvalue weighted by molar-refractivity contribution is 5.94. The largest absolute Gasteiger partial charge is 0.481 e. The molecule has 1 aliphatic rings. The van der Waals surface area contributed by atoms with Gasteiger partial charge in [-0.1, -0.05) is 6.92 Å². The van der Waals surface area contributed by atoms with Crippen molar-refractivity contribution in [3.63, 3.8) is 0 Å². The summed E-state index contributed by atoms with van der Waals surface area (Å²) in [5.41, 5.74) is -4.65. The van der Waals surface area contributed by atoms with Gasteiger partial charge in [-0.05, 0) is 12.3 Å². The Balaban J connectivity index is 3.17. The summed E-state index contributed by atoms with van der Waals surface area (Å²) in [6.07, 6.45) is -1.17. The van der Waals surface area contributed by atoms with E-state index in [-0.39, 0.29) is 6.42 Å². The Bertz CT molecular complexity index is 363. The highest BCUT2D eigenvalue weighted by Gasteiger charge is 2.73. The molecule has 0 heterocycles. The number of hydrogen-bond acceptors (Lipinski definition) is 4. The second-order valence-electron chi connectivity index (χ2n) is 4.12. The summed E-state index contributed by atoms with van der Waals surface area (Å²) >= 11 is 0. The third kappa shape index (κ3) is 1.44. The summed E-state index contributed by atoms with van der Waals surface area (Å²) < 4.78 is 0. The number of aliphatic hydroxyl groups is 1. The fourth-order valence-corrected chi connectivity index (χ4v) is 2.12. The van der Waals surface area contributed by atoms with Gasteiger partial charge in [-0.25, -0.2) is 4.79 Å². The fourth-order valence-electron chi connectivity index (χ4n) is 2.12. The molecule has 3 unspecified atom stereocenters. The number of hydrogen-bond donors (Lipinski definition) is 4. The first kappa shape index (κ1) is 12.4. The van der Waals surface area contributed by atoms with E-state index in [0.717, 1.165) is 0 Å². The topological polar surface area (TPSA) is 132 Å². The molecule has 0 amide bonds. The average Bonchev–Trinajstić information content (AvgIpc) is 2.77. The van der Waals surface area contributed by atoms with Crippen molar-refractivity contribution in [1.29, 1.82) is 0 Å². The molecular formula is C9H12O7. The van der Waals surface area contributed by atoms with Gasteiger partial charge in [0.2, 0.25) is 0 Å². The minimum atomic E-state index is -2.76. The van der Waals surface area contributed by atoms with Crippen LogP contribution in [0.4, 0.5) is 0 Å². The van der Waals surface area contributed by atoms with E-state index in [0.29, 0.717) is 0 Å². The van der Waals surface area contributed by atoms with E-state index < -0.39 is 41.3 Å². The van der Waals surface area contributed by atoms with Gasteiger partial charge in [-0.2, -0.15) is 0 Å². The fraction of sp³-hybridized carbons (Fsp3) is 0.667. The summed E-state index contributed by atoms with van der Waals surface area (Å²) in [6, 6.07) is 0. The number of carboxylic acid groups (broad SMARTS) is 3. The molecule has 1 fully saturated rings. The van der Waals surface area contributed by atoms with Crippen molar-refractivity contribution < 1.29 is 34.8 Å². The van der Waals surface area contributed by atoms with Crippen LogP contribution in [0.15, 0.2) is 0 Å². The number of carbonyl (C=O) groups is 3. The van der Waals surface area contributed by atoms with Gasteiger partial charge in [0.25, 0.3) is 0 Å². The number of rotatable bonds is 5. The third-order valence-corrected chi connectivity index (χ3v) is 3.19. The van der Waals surface area contributed by atoms with E-state index in [2.05, 4.69) is 0 Å². The lowest BCUT2D eigenvalue weighted by atomic mass is 9.79. The van der Waals surface area contributed by atoms with Crippen molar-refractivity contribution in [3.8, 4) is 0 Å². The minimum absolute atomic E-state index is 0.0432. The highest BCUT2D eigenvalue weighted by Crippen LogP contribution is 2.60. The Morgan fingerprint density at radius 2 is 1.75 bits per heavy atom. The van der Waals surface area contributed by atoms with Crippen LogP contribution in [0.1, 0.15) is 19.8 Å². The van der Waals surface area contributed by atoms with Crippen molar-refractivity contribution in [1.82, 2.24) is 0 Å². The van der Waals surface area contributed by atoms with Crippen molar-refractivity contribution >= 4 is 17.9 Å². The standard InChI is InChI=1S/C9H12O7/c1-4-2-8(4,6(12)13)9(16,7(14)15)3-5(10)11/h4,16H,2-3H2,1H3,(H,10,11)(H,12,13)(H,14,15). The predicted octanol–water partition coefficient (Wildman–Crippen LogP) is -0.612. The molecule has 7 heteroatoms. The first-order valence-corrected chi connectivity index (χ1v) is 4.59. The average molecular weight is 232 g/mol. The van der Waals surface area contributed by atoms with E-state index in [1.807, 2.05) is 0 Å². The second kappa shape index (κ2) is 3.44. The smallest absolute Gasteiger partial charge is 0.337 e. The zero-order valence-electron chi connectivity index (χ0n) is 8.51. The van der Waals surface area contributed by atoms with Crippen LogP contribution in [0.5, 0.6) is 0 Å². The molecule has 0 aromatic carbocycles. The van der Waals surface area contributed by atoms with Crippen molar-refractivity contribution in [2.75, 3.05) is 0 Å². The Hall–Kier alpha value is -1.63. The summed E-state index contributed by atoms with van der Waals surface area (Å²) in [6.45, 7) is 1.46. The molecule has 16 heavy (non-hydrogen) atoms. The molecule has 1 rings (SSSR count). The Kier molecular flexibility index (Phi) is 2.68. The first-order chi connectivity index (χ1) is 7.18. The maximum absolute atomic E-state index is 11.0. The molecule has 4 N–H and O–H groups in total. The molecule has 90 valence electrons. The second-order valence-corrected chi connectivity index (χ2v) is 4.12. The van der Waals surface area contributed by atoms with Gasteiger partial charge in [-0.3, -0.25) is 9.59 Å². The molecule has 7 nitrogen and oxygen atoms in total. The van der Waals surface area contributed by atoms with Gasteiger partial charge in [-0.15, -0.1) is 0 Å². The van der Waals surface area contributed by atoms with Crippen LogP contribution < -0.4 is 0 Å². The van der Waals surface area contributed by atoms with Gasteiger partial charge in [0.1, 0.15) is 5.41 Å². The molecule has 0 aliphatic heterocycles. The van der Waals surface area contributed by atoms with E-state index in [1.54, 1.807) is 0 Å². The van der Waals surface area contributed by atoms with Crippen LogP contribution >= 0.6 is 0 Å². The molecule has 0 aromatic rings. The van der Waals surface area contributed by atoms with Gasteiger partial charge in [0, 0.05) is 0 Å². The Morgan fingerprint density at radius 1 is 1.31 bits per heavy atom. The van der Waals surface area contributed by atoms with Crippen molar-refractivity contribution in [2.24, 2.45) is 11.3 Å². The molecule has 0 radical (unpaired) electrons. The Morgan fingerprint density at radius 3 is 1.94 bits per heavy atom. The molecule has 1 aliphatic carbocycles.